The van der Waals surface area contributed by atoms with Crippen LogP contribution in [0.2, 0.25) is 0 Å². The molecule has 20 heavy (non-hydrogen) atoms. The largest absolute Gasteiger partial charge is 0.409 e. The molecule has 6 nitrogen and oxygen atoms in total. The SMILES string of the molecule is CN(CCCCCO)C(=O)c1ccc(/C(N)=N/O)cc1. The van der Waals surface area contributed by atoms with E-state index in [0.29, 0.717) is 17.7 Å². The number of oxime groups is 1. The van der Waals surface area contributed by atoms with Crippen LogP contribution in [0.4, 0.5) is 0 Å². The molecule has 0 saturated heterocycles. The Morgan fingerprint density at radius 2 is 1.80 bits per heavy atom. The minimum Gasteiger partial charge on any atom is -0.409 e. The normalized spacial score (nSPS) is 11.4. The van der Waals surface area contributed by atoms with E-state index in [2.05, 4.69) is 5.16 Å². The quantitative estimate of drug-likeness (QED) is 0.228. The van der Waals surface area contributed by atoms with Crippen molar-refractivity contribution in [2.24, 2.45) is 10.9 Å². The zero-order valence-electron chi connectivity index (χ0n) is 11.6. The number of rotatable bonds is 7. The van der Waals surface area contributed by atoms with Crippen LogP contribution in [-0.4, -0.2) is 47.2 Å². The van der Waals surface area contributed by atoms with Crippen LogP contribution >= 0.6 is 0 Å². The topological polar surface area (TPSA) is 99.2 Å². The first kappa shape index (κ1) is 16.0. The monoisotopic (exact) mass is 279 g/mol. The summed E-state index contributed by atoms with van der Waals surface area (Å²) in [5, 5.41) is 20.2. The third kappa shape index (κ3) is 4.55. The van der Waals surface area contributed by atoms with Crippen molar-refractivity contribution in [1.82, 2.24) is 4.90 Å². The van der Waals surface area contributed by atoms with Gasteiger partial charge < -0.3 is 20.9 Å². The van der Waals surface area contributed by atoms with Gasteiger partial charge in [-0.05, 0) is 31.4 Å². The van der Waals surface area contributed by atoms with Crippen molar-refractivity contribution in [2.45, 2.75) is 19.3 Å². The molecule has 0 unspecified atom stereocenters. The van der Waals surface area contributed by atoms with Gasteiger partial charge >= 0.3 is 0 Å². The lowest BCUT2D eigenvalue weighted by molar-refractivity contribution is 0.0792. The second-order valence-electron chi connectivity index (χ2n) is 4.57. The smallest absolute Gasteiger partial charge is 0.253 e. The first-order valence-corrected chi connectivity index (χ1v) is 6.54. The van der Waals surface area contributed by atoms with E-state index in [1.54, 1.807) is 36.2 Å². The fraction of sp³-hybridized carbons (Fsp3) is 0.429. The molecule has 1 aromatic rings. The molecule has 0 saturated carbocycles. The van der Waals surface area contributed by atoms with Gasteiger partial charge in [-0.25, -0.2) is 0 Å². The lowest BCUT2D eigenvalue weighted by atomic mass is 10.1. The molecule has 4 N–H and O–H groups in total. The van der Waals surface area contributed by atoms with E-state index in [0.717, 1.165) is 19.3 Å². The van der Waals surface area contributed by atoms with Crippen molar-refractivity contribution in [1.29, 1.82) is 0 Å². The summed E-state index contributed by atoms with van der Waals surface area (Å²) >= 11 is 0. The van der Waals surface area contributed by atoms with Crippen molar-refractivity contribution in [3.05, 3.63) is 35.4 Å². The van der Waals surface area contributed by atoms with E-state index in [4.69, 9.17) is 16.0 Å². The predicted molar refractivity (Wildman–Crippen MR) is 76.9 cm³/mol. The molecule has 6 heteroatoms. The fourth-order valence-corrected chi connectivity index (χ4v) is 1.80. The average Bonchev–Trinajstić information content (AvgIpc) is 2.50. The first-order valence-electron chi connectivity index (χ1n) is 6.54. The number of benzene rings is 1. The van der Waals surface area contributed by atoms with Gasteiger partial charge in [0.25, 0.3) is 5.91 Å². The molecule has 0 heterocycles. The van der Waals surface area contributed by atoms with Crippen LogP contribution in [0, 0.1) is 0 Å². The highest BCUT2D eigenvalue weighted by atomic mass is 16.4. The summed E-state index contributed by atoms with van der Waals surface area (Å²) in [6.07, 6.45) is 2.53. The molecule has 0 spiro atoms. The highest BCUT2D eigenvalue weighted by Gasteiger charge is 2.11. The minimum atomic E-state index is -0.0694. The molecule has 0 fully saturated rings. The number of carbonyl (C=O) groups excluding carboxylic acids is 1. The molecule has 1 rings (SSSR count). The number of amides is 1. The van der Waals surface area contributed by atoms with Crippen LogP contribution in [0.3, 0.4) is 0 Å². The van der Waals surface area contributed by atoms with Gasteiger partial charge in [0.1, 0.15) is 0 Å². The Morgan fingerprint density at radius 3 is 2.35 bits per heavy atom. The van der Waals surface area contributed by atoms with Crippen molar-refractivity contribution in [2.75, 3.05) is 20.2 Å². The van der Waals surface area contributed by atoms with Crippen molar-refractivity contribution in [3.8, 4) is 0 Å². The fourth-order valence-electron chi connectivity index (χ4n) is 1.80. The predicted octanol–water partition coefficient (Wildman–Crippen LogP) is 1.02. The molecule has 0 atom stereocenters. The van der Waals surface area contributed by atoms with Gasteiger partial charge in [0.05, 0.1) is 0 Å². The van der Waals surface area contributed by atoms with Crippen LogP contribution in [-0.2, 0) is 0 Å². The van der Waals surface area contributed by atoms with E-state index >= 15 is 0 Å². The molecular formula is C14H21N3O3. The Bertz CT molecular complexity index is 457. The van der Waals surface area contributed by atoms with Gasteiger partial charge in [-0.2, -0.15) is 0 Å². The standard InChI is InChI=1S/C14H21N3O3/c1-17(9-3-2-4-10-18)14(19)12-7-5-11(6-8-12)13(15)16-20/h5-8,18,20H,2-4,9-10H2,1H3,(H2,15,16). The van der Waals surface area contributed by atoms with E-state index in [9.17, 15) is 4.79 Å². The third-order valence-electron chi connectivity index (χ3n) is 3.03. The summed E-state index contributed by atoms with van der Waals surface area (Å²) in [4.78, 5) is 13.8. The highest BCUT2D eigenvalue weighted by molar-refractivity contribution is 5.99. The number of unbranched alkanes of at least 4 members (excludes halogenated alkanes) is 2. The second kappa shape index (κ2) is 8.16. The summed E-state index contributed by atoms with van der Waals surface area (Å²) in [6, 6.07) is 6.59. The van der Waals surface area contributed by atoms with Crippen LogP contribution in [0.5, 0.6) is 0 Å². The lowest BCUT2D eigenvalue weighted by Crippen LogP contribution is -2.27. The summed E-state index contributed by atoms with van der Waals surface area (Å²) in [5.41, 5.74) is 6.58. The number of aliphatic hydroxyl groups excluding tert-OH is 1. The number of amidine groups is 1. The number of hydrogen-bond donors (Lipinski definition) is 3. The zero-order chi connectivity index (χ0) is 15.0. The number of nitrogens with zero attached hydrogens (tertiary/aromatic N) is 2. The maximum Gasteiger partial charge on any atom is 0.253 e. The summed E-state index contributed by atoms with van der Waals surface area (Å²) in [6.45, 7) is 0.841. The Morgan fingerprint density at radius 1 is 1.20 bits per heavy atom. The van der Waals surface area contributed by atoms with Crippen molar-refractivity contribution < 1.29 is 15.1 Å². The van der Waals surface area contributed by atoms with Crippen LogP contribution in [0.25, 0.3) is 0 Å². The van der Waals surface area contributed by atoms with Gasteiger partial charge in [0.15, 0.2) is 5.84 Å². The van der Waals surface area contributed by atoms with Gasteiger partial charge in [-0.3, -0.25) is 4.79 Å². The average molecular weight is 279 g/mol. The zero-order valence-corrected chi connectivity index (χ0v) is 11.6. The third-order valence-corrected chi connectivity index (χ3v) is 3.03. The second-order valence-corrected chi connectivity index (χ2v) is 4.57. The molecule has 0 radical (unpaired) electrons. The minimum absolute atomic E-state index is 0.0151. The molecule has 0 bridgehead atoms. The number of aliphatic hydroxyl groups is 1. The Balaban J connectivity index is 2.58. The summed E-state index contributed by atoms with van der Waals surface area (Å²) in [7, 11) is 1.75. The first-order chi connectivity index (χ1) is 9.60. The van der Waals surface area contributed by atoms with Gasteiger partial charge in [0.2, 0.25) is 0 Å². The Kier molecular flexibility index (Phi) is 6.52. The van der Waals surface area contributed by atoms with Crippen LogP contribution in [0.1, 0.15) is 35.2 Å². The number of hydrogen-bond acceptors (Lipinski definition) is 4. The maximum atomic E-state index is 12.1. The Labute approximate surface area is 118 Å². The van der Waals surface area contributed by atoms with Gasteiger partial charge in [0, 0.05) is 31.3 Å². The van der Waals surface area contributed by atoms with Crippen molar-refractivity contribution >= 4 is 11.7 Å². The molecule has 110 valence electrons. The molecule has 0 aliphatic rings. The molecule has 1 amide bonds. The molecular weight excluding hydrogens is 258 g/mol. The van der Waals surface area contributed by atoms with E-state index in [1.165, 1.54) is 0 Å². The van der Waals surface area contributed by atoms with Gasteiger partial charge in [-0.1, -0.05) is 17.3 Å². The Hall–Kier alpha value is -2.08. The molecule has 1 aromatic carbocycles. The van der Waals surface area contributed by atoms with Crippen LogP contribution < -0.4 is 5.73 Å². The van der Waals surface area contributed by atoms with Crippen molar-refractivity contribution in [3.63, 3.8) is 0 Å². The molecule has 0 aromatic heterocycles. The van der Waals surface area contributed by atoms with E-state index < -0.39 is 0 Å². The molecule has 0 aliphatic carbocycles. The van der Waals surface area contributed by atoms with E-state index in [-0.39, 0.29) is 18.3 Å². The van der Waals surface area contributed by atoms with Crippen LogP contribution in [0.15, 0.2) is 29.4 Å². The summed E-state index contributed by atoms with van der Waals surface area (Å²) < 4.78 is 0. The summed E-state index contributed by atoms with van der Waals surface area (Å²) in [5.74, 6) is -0.0542. The molecule has 0 aliphatic heterocycles. The number of carbonyl (C=O) groups is 1. The lowest BCUT2D eigenvalue weighted by Gasteiger charge is -2.17. The number of nitrogens with two attached hydrogens (primary N) is 1. The maximum absolute atomic E-state index is 12.1. The highest BCUT2D eigenvalue weighted by Crippen LogP contribution is 2.08. The van der Waals surface area contributed by atoms with Gasteiger partial charge in [-0.15, -0.1) is 0 Å². The van der Waals surface area contributed by atoms with E-state index in [1.807, 2.05) is 0 Å².